The van der Waals surface area contributed by atoms with E-state index >= 15 is 0 Å². The summed E-state index contributed by atoms with van der Waals surface area (Å²) in [4.78, 5) is 3.97. The zero-order valence-electron chi connectivity index (χ0n) is 13.9. The van der Waals surface area contributed by atoms with Crippen LogP contribution in [0.25, 0.3) is 11.4 Å². The predicted molar refractivity (Wildman–Crippen MR) is 90.4 cm³/mol. The van der Waals surface area contributed by atoms with Gasteiger partial charge in [-0.05, 0) is 29.8 Å². The molecule has 1 aromatic carbocycles. The van der Waals surface area contributed by atoms with E-state index in [2.05, 4.69) is 20.4 Å². The molecule has 0 bridgehead atoms. The highest BCUT2D eigenvalue weighted by Crippen LogP contribution is 2.22. The summed E-state index contributed by atoms with van der Waals surface area (Å²) in [5.41, 5.74) is 3.14. The molecule has 0 saturated heterocycles. The Morgan fingerprint density at radius 2 is 2.00 bits per heavy atom. The lowest BCUT2D eigenvalue weighted by molar-refractivity contribution is -0.153. The fourth-order valence-corrected chi connectivity index (χ4v) is 2.46. The molecule has 3 rings (SSSR count). The van der Waals surface area contributed by atoms with Gasteiger partial charge in [0.15, 0.2) is 6.61 Å². The van der Waals surface area contributed by atoms with E-state index < -0.39 is 12.8 Å². The summed E-state index contributed by atoms with van der Waals surface area (Å²) in [6.45, 7) is -0.778. The number of hydrogen-bond acceptors (Lipinski definition) is 4. The number of nitrogens with one attached hydrogen (secondary N) is 1. The van der Waals surface area contributed by atoms with Crippen LogP contribution >= 0.6 is 0 Å². The molecule has 1 N–H and O–H groups in total. The number of rotatable bonds is 6. The van der Waals surface area contributed by atoms with E-state index in [1.54, 1.807) is 25.4 Å². The van der Waals surface area contributed by atoms with Crippen molar-refractivity contribution in [2.45, 2.75) is 12.7 Å². The molecule has 2 aromatic heterocycles. The van der Waals surface area contributed by atoms with Crippen molar-refractivity contribution in [2.24, 2.45) is 4.99 Å². The van der Waals surface area contributed by atoms with Crippen LogP contribution < -0.4 is 4.74 Å². The number of aromatic amines is 1. The zero-order valence-corrected chi connectivity index (χ0v) is 13.9. The minimum atomic E-state index is -4.35. The van der Waals surface area contributed by atoms with Crippen molar-refractivity contribution in [3.8, 4) is 17.1 Å². The monoisotopic (exact) mass is 363 g/mol. The molecule has 3 aromatic rings. The van der Waals surface area contributed by atoms with Crippen molar-refractivity contribution in [3.05, 3.63) is 53.9 Å². The molecule has 0 aliphatic carbocycles. The Morgan fingerprint density at radius 3 is 2.69 bits per heavy atom. The summed E-state index contributed by atoms with van der Waals surface area (Å²) in [6.07, 6.45) is -0.819. The lowest BCUT2D eigenvalue weighted by Crippen LogP contribution is -2.19. The van der Waals surface area contributed by atoms with E-state index in [0.29, 0.717) is 17.9 Å². The number of H-pyrrole nitrogens is 1. The van der Waals surface area contributed by atoms with Gasteiger partial charge in [-0.3, -0.25) is 10.1 Å². The van der Waals surface area contributed by atoms with E-state index in [-0.39, 0.29) is 5.75 Å². The van der Waals surface area contributed by atoms with Crippen molar-refractivity contribution in [3.63, 3.8) is 0 Å². The van der Waals surface area contributed by atoms with Gasteiger partial charge in [0.25, 0.3) is 0 Å². The number of nitrogens with zero attached hydrogens (tertiary/aromatic N) is 4. The van der Waals surface area contributed by atoms with E-state index in [9.17, 15) is 13.2 Å². The van der Waals surface area contributed by atoms with Gasteiger partial charge in [-0.2, -0.15) is 13.2 Å². The minimum absolute atomic E-state index is 0.178. The van der Waals surface area contributed by atoms with Crippen LogP contribution in [-0.4, -0.2) is 46.0 Å². The molecule has 9 heteroatoms. The van der Waals surface area contributed by atoms with Gasteiger partial charge in [-0.1, -0.05) is 17.3 Å². The van der Waals surface area contributed by atoms with Gasteiger partial charge in [-0.25, -0.2) is 0 Å². The van der Waals surface area contributed by atoms with Crippen molar-refractivity contribution >= 4 is 6.21 Å². The Hall–Kier alpha value is -3.10. The van der Waals surface area contributed by atoms with Gasteiger partial charge >= 0.3 is 6.18 Å². The quantitative estimate of drug-likeness (QED) is 0.683. The number of alkyl halides is 3. The largest absolute Gasteiger partial charge is 0.484 e. The van der Waals surface area contributed by atoms with Gasteiger partial charge in [0.05, 0.1) is 5.69 Å². The number of aliphatic imine (C=N–C) groups is 1. The van der Waals surface area contributed by atoms with Crippen molar-refractivity contribution < 1.29 is 17.9 Å². The van der Waals surface area contributed by atoms with Crippen molar-refractivity contribution in [1.29, 1.82) is 0 Å². The minimum Gasteiger partial charge on any atom is -0.484 e. The van der Waals surface area contributed by atoms with Crippen LogP contribution in [0.2, 0.25) is 0 Å². The molecule has 136 valence electrons. The molecule has 0 aliphatic heterocycles. The molecule has 6 nitrogen and oxygen atoms in total. The molecule has 0 radical (unpaired) electrons. The Kier molecular flexibility index (Phi) is 5.06. The Balaban J connectivity index is 1.74. The summed E-state index contributed by atoms with van der Waals surface area (Å²) >= 11 is 0. The van der Waals surface area contributed by atoms with E-state index in [1.165, 1.54) is 12.1 Å². The molecule has 0 unspecified atom stereocenters. The third-order valence-corrected chi connectivity index (χ3v) is 3.58. The molecule has 0 atom stereocenters. The topological polar surface area (TPSA) is 68.1 Å². The summed E-state index contributed by atoms with van der Waals surface area (Å²) < 4.78 is 43.2. The molecular formula is C17H16F3N5O. The molecule has 0 saturated carbocycles. The first-order chi connectivity index (χ1) is 12.5. The van der Waals surface area contributed by atoms with E-state index in [0.717, 1.165) is 11.3 Å². The normalized spacial score (nSPS) is 12.0. The first kappa shape index (κ1) is 17.7. The molecule has 0 amide bonds. The predicted octanol–water partition coefficient (Wildman–Crippen LogP) is 3.31. The zero-order chi connectivity index (χ0) is 18.6. The standard InChI is InChI=1S/C17H16F3N5O/c1-21-9-14-16(23-24-22-14)15-3-2-8-25(15)10-12-4-6-13(7-5-12)26-11-17(18,19)20/h2-9H,10-11H2,1H3,(H,22,23,24)/b21-9+. The molecular weight excluding hydrogens is 347 g/mol. The summed E-state index contributed by atoms with van der Waals surface area (Å²) in [6, 6.07) is 10.3. The number of halogens is 3. The van der Waals surface area contributed by atoms with Crippen LogP contribution in [-0.2, 0) is 6.54 Å². The van der Waals surface area contributed by atoms with Crippen LogP contribution in [0.5, 0.6) is 5.75 Å². The van der Waals surface area contributed by atoms with Crippen LogP contribution in [0.3, 0.4) is 0 Å². The van der Waals surface area contributed by atoms with Crippen LogP contribution in [0.4, 0.5) is 13.2 Å². The maximum absolute atomic E-state index is 12.2. The molecule has 2 heterocycles. The van der Waals surface area contributed by atoms with Gasteiger partial charge < -0.3 is 9.30 Å². The maximum Gasteiger partial charge on any atom is 0.422 e. The second-order valence-corrected chi connectivity index (χ2v) is 5.53. The fraction of sp³-hybridized carbons (Fsp3) is 0.235. The summed E-state index contributed by atoms with van der Waals surface area (Å²) in [5, 5.41) is 10.7. The fourth-order valence-electron chi connectivity index (χ4n) is 2.46. The van der Waals surface area contributed by atoms with Gasteiger partial charge in [-0.15, -0.1) is 5.10 Å². The SMILES string of the molecule is C/N=C/c1[nH]nnc1-c1cccn1Cc1ccc(OCC(F)(F)F)cc1. The lowest BCUT2D eigenvalue weighted by atomic mass is 10.2. The number of aromatic nitrogens is 4. The molecule has 0 fully saturated rings. The van der Waals surface area contributed by atoms with E-state index in [4.69, 9.17) is 4.74 Å². The molecule has 0 aliphatic rings. The Labute approximate surface area is 147 Å². The number of hydrogen-bond donors (Lipinski definition) is 1. The molecule has 26 heavy (non-hydrogen) atoms. The van der Waals surface area contributed by atoms with Crippen LogP contribution in [0.15, 0.2) is 47.6 Å². The van der Waals surface area contributed by atoms with Crippen LogP contribution in [0, 0.1) is 0 Å². The van der Waals surface area contributed by atoms with Gasteiger partial charge in [0.2, 0.25) is 0 Å². The maximum atomic E-state index is 12.2. The van der Waals surface area contributed by atoms with Crippen LogP contribution in [0.1, 0.15) is 11.3 Å². The highest BCUT2D eigenvalue weighted by Gasteiger charge is 2.28. The summed E-state index contributed by atoms with van der Waals surface area (Å²) in [5.74, 6) is 0.178. The highest BCUT2D eigenvalue weighted by atomic mass is 19.4. The first-order valence-corrected chi connectivity index (χ1v) is 7.73. The third kappa shape index (κ3) is 4.29. The number of ether oxygens (including phenoxy) is 1. The second kappa shape index (κ2) is 7.42. The first-order valence-electron chi connectivity index (χ1n) is 7.73. The highest BCUT2D eigenvalue weighted by molar-refractivity contribution is 5.85. The number of benzene rings is 1. The second-order valence-electron chi connectivity index (χ2n) is 5.53. The van der Waals surface area contributed by atoms with E-state index in [1.807, 2.05) is 22.9 Å². The molecule has 0 spiro atoms. The van der Waals surface area contributed by atoms with Gasteiger partial charge in [0, 0.05) is 26.0 Å². The average Bonchev–Trinajstić information content (AvgIpc) is 3.23. The Bertz CT molecular complexity index is 880. The smallest absolute Gasteiger partial charge is 0.422 e. The van der Waals surface area contributed by atoms with Crippen molar-refractivity contribution in [1.82, 2.24) is 20.0 Å². The summed E-state index contributed by atoms with van der Waals surface area (Å²) in [7, 11) is 1.66. The lowest BCUT2D eigenvalue weighted by Gasteiger charge is -2.11. The third-order valence-electron chi connectivity index (χ3n) is 3.58. The van der Waals surface area contributed by atoms with Gasteiger partial charge in [0.1, 0.15) is 17.1 Å². The van der Waals surface area contributed by atoms with Crippen molar-refractivity contribution in [2.75, 3.05) is 13.7 Å². The Morgan fingerprint density at radius 1 is 1.23 bits per heavy atom. The average molecular weight is 363 g/mol.